The van der Waals surface area contributed by atoms with Gasteiger partial charge in [0.05, 0.1) is 6.42 Å². The maximum absolute atomic E-state index is 10.5. The van der Waals surface area contributed by atoms with Crippen LogP contribution in [0.3, 0.4) is 0 Å². The van der Waals surface area contributed by atoms with Crippen molar-refractivity contribution in [2.24, 2.45) is 0 Å². The molecule has 0 amide bonds. The van der Waals surface area contributed by atoms with E-state index in [1.165, 1.54) is 6.92 Å². The highest BCUT2D eigenvalue weighted by Gasteiger charge is 2.04. The maximum atomic E-state index is 10.5. The molecule has 0 atom stereocenters. The van der Waals surface area contributed by atoms with Gasteiger partial charge in [-0.2, -0.15) is 0 Å². The second kappa shape index (κ2) is 4.67. The van der Waals surface area contributed by atoms with Crippen molar-refractivity contribution in [3.05, 3.63) is 0 Å². The van der Waals surface area contributed by atoms with E-state index in [1.54, 1.807) is 0 Å². The molecule has 0 aromatic heterocycles. The molecule has 4 nitrogen and oxygen atoms in total. The molecule has 0 bridgehead atoms. The Kier molecular flexibility index (Phi) is 4.11. The van der Waals surface area contributed by atoms with Gasteiger partial charge in [0.15, 0.2) is 5.78 Å². The normalized spacial score (nSPS) is 8.50. The maximum Gasteiger partial charge on any atom is 0.293 e. The van der Waals surface area contributed by atoms with Gasteiger partial charge in [-0.25, -0.2) is 0 Å². The highest BCUT2D eigenvalue weighted by atomic mass is 16.5. The second-order valence-electron chi connectivity index (χ2n) is 1.82. The van der Waals surface area contributed by atoms with Crippen molar-refractivity contribution in [3.8, 4) is 0 Å². The average Bonchev–Trinajstić information content (AvgIpc) is 1.82. The quantitative estimate of drug-likeness (QED) is 0.393. The van der Waals surface area contributed by atoms with E-state index in [2.05, 4.69) is 4.74 Å². The molecule has 0 saturated carbocycles. The van der Waals surface area contributed by atoms with Gasteiger partial charge in [-0.3, -0.25) is 14.4 Å². The van der Waals surface area contributed by atoms with E-state index < -0.39 is 0 Å². The molecule has 0 aliphatic carbocycles. The van der Waals surface area contributed by atoms with Crippen LogP contribution in [0.25, 0.3) is 0 Å². The first kappa shape index (κ1) is 8.81. The SMILES string of the molecule is CC(=O)CC(=O)COC=O. The lowest BCUT2D eigenvalue weighted by Crippen LogP contribution is -2.11. The standard InChI is InChI=1S/C6H8O4/c1-5(8)2-6(9)3-10-4-7/h4H,2-3H2,1H3. The largest absolute Gasteiger partial charge is 0.460 e. The molecule has 0 heterocycles. The first-order valence-corrected chi connectivity index (χ1v) is 2.73. The van der Waals surface area contributed by atoms with E-state index in [9.17, 15) is 14.4 Å². The van der Waals surface area contributed by atoms with Crippen molar-refractivity contribution in [2.45, 2.75) is 13.3 Å². The van der Waals surface area contributed by atoms with E-state index in [0.717, 1.165) is 0 Å². The monoisotopic (exact) mass is 144 g/mol. The third-order valence-corrected chi connectivity index (χ3v) is 0.758. The number of rotatable bonds is 5. The summed E-state index contributed by atoms with van der Waals surface area (Å²) in [5.41, 5.74) is 0. The third-order valence-electron chi connectivity index (χ3n) is 0.758. The lowest BCUT2D eigenvalue weighted by molar-refractivity contribution is -0.138. The predicted molar refractivity (Wildman–Crippen MR) is 32.3 cm³/mol. The highest BCUT2D eigenvalue weighted by Crippen LogP contribution is 1.84. The Labute approximate surface area is 58.2 Å². The molecule has 0 radical (unpaired) electrons. The number of carbonyl (C=O) groups is 3. The minimum Gasteiger partial charge on any atom is -0.460 e. The minimum atomic E-state index is -0.375. The molecule has 0 fully saturated rings. The molecule has 0 spiro atoms. The van der Waals surface area contributed by atoms with Crippen LogP contribution in [-0.4, -0.2) is 24.6 Å². The summed E-state index contributed by atoms with van der Waals surface area (Å²) in [7, 11) is 0. The van der Waals surface area contributed by atoms with Crippen molar-refractivity contribution < 1.29 is 19.1 Å². The Balaban J connectivity index is 3.43. The number of carbonyl (C=O) groups excluding carboxylic acids is 3. The van der Waals surface area contributed by atoms with Gasteiger partial charge in [0.25, 0.3) is 6.47 Å². The Morgan fingerprint density at radius 3 is 2.50 bits per heavy atom. The summed E-state index contributed by atoms with van der Waals surface area (Å²) >= 11 is 0. The van der Waals surface area contributed by atoms with Crippen molar-refractivity contribution >= 4 is 18.0 Å². The number of ether oxygens (including phenoxy) is 1. The zero-order valence-electron chi connectivity index (χ0n) is 5.62. The van der Waals surface area contributed by atoms with Crippen LogP contribution in [0.15, 0.2) is 0 Å². The van der Waals surface area contributed by atoms with Crippen LogP contribution in [-0.2, 0) is 19.1 Å². The van der Waals surface area contributed by atoms with Gasteiger partial charge in [0, 0.05) is 0 Å². The zero-order valence-corrected chi connectivity index (χ0v) is 5.62. The molecule has 4 heteroatoms. The fourth-order valence-corrected chi connectivity index (χ4v) is 0.456. The van der Waals surface area contributed by atoms with Gasteiger partial charge in [0.2, 0.25) is 0 Å². The van der Waals surface area contributed by atoms with Crippen LogP contribution < -0.4 is 0 Å². The predicted octanol–water partition coefficient (Wildman–Crippen LogP) is -0.292. The van der Waals surface area contributed by atoms with Crippen LogP contribution in [0.1, 0.15) is 13.3 Å². The Morgan fingerprint density at radius 1 is 1.50 bits per heavy atom. The van der Waals surface area contributed by atoms with Gasteiger partial charge >= 0.3 is 0 Å². The smallest absolute Gasteiger partial charge is 0.293 e. The number of hydrogen-bond donors (Lipinski definition) is 0. The molecule has 10 heavy (non-hydrogen) atoms. The van der Waals surface area contributed by atoms with Crippen molar-refractivity contribution in [1.29, 1.82) is 0 Å². The van der Waals surface area contributed by atoms with Crippen LogP contribution in [0.2, 0.25) is 0 Å². The van der Waals surface area contributed by atoms with Crippen molar-refractivity contribution in [1.82, 2.24) is 0 Å². The molecule has 0 aromatic rings. The summed E-state index contributed by atoms with van der Waals surface area (Å²) in [4.78, 5) is 30.3. The molecular formula is C6H8O4. The summed E-state index contributed by atoms with van der Waals surface area (Å²) in [6.07, 6.45) is -0.159. The van der Waals surface area contributed by atoms with E-state index in [0.29, 0.717) is 0 Å². The zero-order chi connectivity index (χ0) is 7.98. The minimum absolute atomic E-state index is 0.159. The van der Waals surface area contributed by atoms with Gasteiger partial charge in [-0.1, -0.05) is 0 Å². The van der Waals surface area contributed by atoms with E-state index in [1.807, 2.05) is 0 Å². The molecule has 0 saturated heterocycles. The highest BCUT2D eigenvalue weighted by molar-refractivity contribution is 5.98. The average molecular weight is 144 g/mol. The van der Waals surface area contributed by atoms with E-state index in [4.69, 9.17) is 0 Å². The van der Waals surface area contributed by atoms with E-state index in [-0.39, 0.29) is 31.1 Å². The fourth-order valence-electron chi connectivity index (χ4n) is 0.456. The fraction of sp³-hybridized carbons (Fsp3) is 0.500. The Bertz CT molecular complexity index is 150. The van der Waals surface area contributed by atoms with Gasteiger partial charge in [-0.05, 0) is 6.92 Å². The first-order valence-electron chi connectivity index (χ1n) is 2.73. The summed E-state index contributed by atoms with van der Waals surface area (Å²) < 4.78 is 4.11. The molecule has 56 valence electrons. The molecule has 0 aliphatic heterocycles. The molecule has 0 rings (SSSR count). The lowest BCUT2D eigenvalue weighted by atomic mass is 10.2. The second-order valence-corrected chi connectivity index (χ2v) is 1.82. The lowest BCUT2D eigenvalue weighted by Gasteiger charge is -1.93. The molecule has 0 aliphatic rings. The number of Topliss-reactive ketones (excluding diaryl/α,β-unsaturated/α-hetero) is 2. The summed E-state index contributed by atoms with van der Waals surface area (Å²) in [6, 6.07) is 0. The van der Waals surface area contributed by atoms with Crippen LogP contribution in [0, 0.1) is 0 Å². The molecule has 0 N–H and O–H groups in total. The summed E-state index contributed by atoms with van der Waals surface area (Å²) in [5, 5.41) is 0. The van der Waals surface area contributed by atoms with Crippen LogP contribution in [0.5, 0.6) is 0 Å². The topological polar surface area (TPSA) is 60.4 Å². The molecule has 0 aromatic carbocycles. The number of hydrogen-bond acceptors (Lipinski definition) is 4. The summed E-state index contributed by atoms with van der Waals surface area (Å²) in [6.45, 7) is 1.18. The third kappa shape index (κ3) is 4.96. The Hall–Kier alpha value is -1.19. The van der Waals surface area contributed by atoms with Crippen LogP contribution >= 0.6 is 0 Å². The van der Waals surface area contributed by atoms with Gasteiger partial charge in [0.1, 0.15) is 12.4 Å². The molecule has 0 unspecified atom stereocenters. The van der Waals surface area contributed by atoms with Gasteiger partial charge < -0.3 is 4.74 Å². The first-order chi connectivity index (χ1) is 4.66. The van der Waals surface area contributed by atoms with E-state index >= 15 is 0 Å². The van der Waals surface area contributed by atoms with Gasteiger partial charge in [-0.15, -0.1) is 0 Å². The summed E-state index contributed by atoms with van der Waals surface area (Å²) in [5.74, 6) is -0.598. The number of ketones is 2. The van der Waals surface area contributed by atoms with Crippen molar-refractivity contribution in [3.63, 3.8) is 0 Å². The Morgan fingerprint density at radius 2 is 2.10 bits per heavy atom. The van der Waals surface area contributed by atoms with Crippen LogP contribution in [0.4, 0.5) is 0 Å². The van der Waals surface area contributed by atoms with Crippen molar-refractivity contribution in [2.75, 3.05) is 6.61 Å². The molecular weight excluding hydrogens is 136 g/mol.